The predicted molar refractivity (Wildman–Crippen MR) is 105 cm³/mol. The molecule has 132 valence electrons. The maximum absolute atomic E-state index is 13.3. The monoisotopic (exact) mass is 439 g/mol. The number of sulfone groups is 1. The van der Waals surface area contributed by atoms with Crippen LogP contribution >= 0.6 is 28.1 Å². The summed E-state index contributed by atoms with van der Waals surface area (Å²) in [5, 5.41) is -0.735. The van der Waals surface area contributed by atoms with Gasteiger partial charge in [-0.15, -0.1) is 0 Å². The van der Waals surface area contributed by atoms with Gasteiger partial charge in [0.1, 0.15) is 0 Å². The Balaban J connectivity index is 2.12. The summed E-state index contributed by atoms with van der Waals surface area (Å²) < 4.78 is 32.8. The minimum Gasteiger partial charge on any atom is -0.393 e. The van der Waals surface area contributed by atoms with Crippen LogP contribution < -0.4 is 5.73 Å². The fraction of sp³-hybridized carbons (Fsp3) is 0.278. The molecule has 0 heterocycles. The molecule has 0 saturated heterocycles. The molecule has 0 aliphatic heterocycles. The van der Waals surface area contributed by atoms with Gasteiger partial charge in [0.2, 0.25) is 0 Å². The first-order chi connectivity index (χ1) is 11.9. The molecule has 0 spiro atoms. The van der Waals surface area contributed by atoms with Crippen molar-refractivity contribution in [3.63, 3.8) is 0 Å². The lowest BCUT2D eigenvalue weighted by atomic mass is 10.00. The van der Waals surface area contributed by atoms with Gasteiger partial charge >= 0.3 is 0 Å². The van der Waals surface area contributed by atoms with Crippen LogP contribution in [0, 0.1) is 5.41 Å². The number of halogens is 1. The summed E-state index contributed by atoms with van der Waals surface area (Å²) in [6.07, 6.45) is 0. The number of nitrogens with two attached hydrogens (primary N) is 1. The maximum Gasteiger partial charge on any atom is 0.182 e. The predicted octanol–water partition coefficient (Wildman–Crippen LogP) is 3.31. The summed E-state index contributed by atoms with van der Waals surface area (Å²) in [5.41, 5.74) is 6.01. The Hall–Kier alpha value is -1.28. The third-order valence-electron chi connectivity index (χ3n) is 4.73. The van der Waals surface area contributed by atoms with Crippen molar-refractivity contribution in [3.8, 4) is 0 Å². The molecule has 3 rings (SSSR count). The first kappa shape index (κ1) is 18.5. The average Bonchev–Trinajstić information content (AvgIpc) is 3.28. The number of hydrogen-bond acceptors (Lipinski definition) is 4. The van der Waals surface area contributed by atoms with Crippen molar-refractivity contribution in [2.75, 3.05) is 13.7 Å². The molecule has 0 radical (unpaired) electrons. The molecule has 0 bridgehead atoms. The van der Waals surface area contributed by atoms with Crippen LogP contribution in [0.3, 0.4) is 0 Å². The molecule has 1 aliphatic carbocycles. The van der Waals surface area contributed by atoms with E-state index in [2.05, 4.69) is 15.9 Å². The van der Waals surface area contributed by atoms with Gasteiger partial charge in [0.15, 0.2) is 9.84 Å². The van der Waals surface area contributed by atoms with Gasteiger partial charge in [-0.3, -0.25) is 0 Å². The Morgan fingerprint density at radius 2 is 1.80 bits per heavy atom. The van der Waals surface area contributed by atoms with Crippen LogP contribution in [-0.2, 0) is 14.6 Å². The Labute approximate surface area is 161 Å². The molecule has 2 N–H and O–H groups in total. The summed E-state index contributed by atoms with van der Waals surface area (Å²) in [7, 11) is -2.08. The van der Waals surface area contributed by atoms with Gasteiger partial charge in [0.25, 0.3) is 0 Å². The topological polar surface area (TPSA) is 69.4 Å². The van der Waals surface area contributed by atoms with Gasteiger partial charge in [-0.25, -0.2) is 8.42 Å². The van der Waals surface area contributed by atoms with Crippen molar-refractivity contribution >= 4 is 43.0 Å². The molecule has 1 saturated carbocycles. The standard InChI is InChI=1S/C18H18BrNO3S2/c1-23-11-18(17(20)24)15(12-7-9-13(19)10-8-12)16(18)25(21,22)14-5-3-2-4-6-14/h2-10,15-16H,11H2,1H3,(H2,20,24)/t15-,16+,18-/m1/s1. The first-order valence-corrected chi connectivity index (χ1v) is 10.4. The molecule has 2 aromatic carbocycles. The molecule has 25 heavy (non-hydrogen) atoms. The fourth-order valence-corrected chi connectivity index (χ4v) is 6.59. The van der Waals surface area contributed by atoms with Crippen molar-refractivity contribution in [1.82, 2.24) is 0 Å². The maximum atomic E-state index is 13.3. The molecule has 1 fully saturated rings. The summed E-state index contributed by atoms with van der Waals surface area (Å²) >= 11 is 8.68. The van der Waals surface area contributed by atoms with Crippen molar-refractivity contribution < 1.29 is 13.2 Å². The quantitative estimate of drug-likeness (QED) is 0.699. The van der Waals surface area contributed by atoms with Crippen molar-refractivity contribution in [3.05, 3.63) is 64.6 Å². The number of ether oxygens (including phenoxy) is 1. The molecule has 0 aromatic heterocycles. The van der Waals surface area contributed by atoms with E-state index in [1.165, 1.54) is 7.11 Å². The summed E-state index contributed by atoms with van der Waals surface area (Å²) in [5.74, 6) is -0.330. The van der Waals surface area contributed by atoms with E-state index in [9.17, 15) is 8.42 Å². The van der Waals surface area contributed by atoms with Crippen LogP contribution in [0.5, 0.6) is 0 Å². The third-order valence-corrected chi connectivity index (χ3v) is 7.93. The minimum absolute atomic E-state index is 0.166. The highest BCUT2D eigenvalue weighted by molar-refractivity contribution is 9.10. The Morgan fingerprint density at radius 1 is 1.20 bits per heavy atom. The lowest BCUT2D eigenvalue weighted by Gasteiger charge is -2.16. The van der Waals surface area contributed by atoms with Gasteiger partial charge in [-0.2, -0.15) is 0 Å². The van der Waals surface area contributed by atoms with Crippen LogP contribution in [0.15, 0.2) is 64.0 Å². The third kappa shape index (κ3) is 3.03. The molecule has 0 amide bonds. The smallest absolute Gasteiger partial charge is 0.182 e. The summed E-state index contributed by atoms with van der Waals surface area (Å²) in [6, 6.07) is 16.0. The zero-order valence-electron chi connectivity index (χ0n) is 13.6. The first-order valence-electron chi connectivity index (χ1n) is 7.69. The van der Waals surface area contributed by atoms with E-state index < -0.39 is 20.5 Å². The van der Waals surface area contributed by atoms with E-state index in [0.717, 1.165) is 10.0 Å². The van der Waals surface area contributed by atoms with Crippen molar-refractivity contribution in [2.24, 2.45) is 11.1 Å². The minimum atomic E-state index is -3.61. The molecule has 3 atom stereocenters. The lowest BCUT2D eigenvalue weighted by Crippen LogP contribution is -2.33. The molecule has 7 heteroatoms. The molecular formula is C18H18BrNO3S2. The zero-order valence-corrected chi connectivity index (χ0v) is 16.8. The van der Waals surface area contributed by atoms with Crippen LogP contribution in [-0.4, -0.2) is 32.4 Å². The Morgan fingerprint density at radius 3 is 2.32 bits per heavy atom. The lowest BCUT2D eigenvalue weighted by molar-refractivity contribution is 0.166. The fourth-order valence-electron chi connectivity index (χ4n) is 3.54. The van der Waals surface area contributed by atoms with E-state index in [1.807, 2.05) is 24.3 Å². The normalized spacial score (nSPS) is 25.5. The number of benzene rings is 2. The van der Waals surface area contributed by atoms with Gasteiger partial charge in [0.05, 0.1) is 27.2 Å². The van der Waals surface area contributed by atoms with Gasteiger partial charge < -0.3 is 10.5 Å². The number of rotatable bonds is 6. The molecule has 1 aliphatic rings. The SMILES string of the molecule is COC[C@@]1(C(N)=S)[C@H](c2ccc(Br)cc2)[C@@H]1S(=O)(=O)c1ccccc1. The van der Waals surface area contributed by atoms with Crippen LogP contribution in [0.1, 0.15) is 11.5 Å². The number of methoxy groups -OCH3 is 1. The molecule has 0 unspecified atom stereocenters. The number of hydrogen-bond donors (Lipinski definition) is 1. The zero-order chi connectivity index (χ0) is 18.2. The van der Waals surface area contributed by atoms with E-state index in [-0.39, 0.29) is 22.4 Å². The Bertz CT molecular complexity index is 884. The summed E-state index contributed by atoms with van der Waals surface area (Å²) in [4.78, 5) is 0.447. The second kappa shape index (κ2) is 6.79. The van der Waals surface area contributed by atoms with Crippen molar-refractivity contribution in [1.29, 1.82) is 0 Å². The van der Waals surface area contributed by atoms with E-state index >= 15 is 0 Å². The van der Waals surface area contributed by atoms with E-state index in [1.54, 1.807) is 30.3 Å². The van der Waals surface area contributed by atoms with Crippen LogP contribution in [0.25, 0.3) is 0 Å². The second-order valence-electron chi connectivity index (χ2n) is 6.15. The highest BCUT2D eigenvalue weighted by Gasteiger charge is 2.73. The van der Waals surface area contributed by atoms with E-state index in [4.69, 9.17) is 22.7 Å². The average molecular weight is 440 g/mol. The molecule has 4 nitrogen and oxygen atoms in total. The summed E-state index contributed by atoms with van der Waals surface area (Å²) in [6.45, 7) is 0.166. The van der Waals surface area contributed by atoms with Crippen molar-refractivity contribution in [2.45, 2.75) is 16.1 Å². The highest BCUT2D eigenvalue weighted by atomic mass is 79.9. The molecular weight excluding hydrogens is 422 g/mol. The second-order valence-corrected chi connectivity index (χ2v) is 9.57. The van der Waals surface area contributed by atoms with Crippen LogP contribution in [0.4, 0.5) is 0 Å². The molecule has 2 aromatic rings. The Kier molecular flexibility index (Phi) is 5.03. The van der Waals surface area contributed by atoms with E-state index in [0.29, 0.717) is 0 Å². The van der Waals surface area contributed by atoms with Crippen LogP contribution in [0.2, 0.25) is 0 Å². The number of thiocarbonyl (C=S) groups is 1. The largest absolute Gasteiger partial charge is 0.393 e. The van der Waals surface area contributed by atoms with Gasteiger partial charge in [-0.1, -0.05) is 58.5 Å². The highest BCUT2D eigenvalue weighted by Crippen LogP contribution is 2.64. The van der Waals surface area contributed by atoms with Gasteiger partial charge in [0, 0.05) is 17.5 Å². The van der Waals surface area contributed by atoms with Gasteiger partial charge in [-0.05, 0) is 29.8 Å².